The van der Waals surface area contributed by atoms with Crippen LogP contribution in [0.2, 0.25) is 5.02 Å². The molecule has 27 heavy (non-hydrogen) atoms. The van der Waals surface area contributed by atoms with Crippen molar-refractivity contribution in [2.45, 2.75) is 13.8 Å². The summed E-state index contributed by atoms with van der Waals surface area (Å²) < 4.78 is 10.7. The lowest BCUT2D eigenvalue weighted by molar-refractivity contribution is 0.405. The maximum Gasteiger partial charge on any atom is 0.144 e. The Morgan fingerprint density at radius 3 is 2.07 bits per heavy atom. The summed E-state index contributed by atoms with van der Waals surface area (Å²) in [5, 5.41) is 7.01. The molecule has 7 heteroatoms. The van der Waals surface area contributed by atoms with Gasteiger partial charge in [0.05, 0.1) is 24.9 Å². The summed E-state index contributed by atoms with van der Waals surface area (Å²) in [6.07, 6.45) is 0. The molecule has 1 aromatic heterocycles. The summed E-state index contributed by atoms with van der Waals surface area (Å²) >= 11 is 6.17. The predicted octanol–water partition coefficient (Wildman–Crippen LogP) is 5.25. The summed E-state index contributed by atoms with van der Waals surface area (Å²) in [5.74, 6) is 3.08. The van der Waals surface area contributed by atoms with Gasteiger partial charge in [-0.3, -0.25) is 0 Å². The fourth-order valence-corrected chi connectivity index (χ4v) is 2.81. The van der Waals surface area contributed by atoms with Crippen LogP contribution in [-0.2, 0) is 0 Å². The molecule has 0 unspecified atom stereocenters. The number of nitrogens with zero attached hydrogens (tertiary/aromatic N) is 2. The molecule has 0 bridgehead atoms. The molecule has 2 N–H and O–H groups in total. The van der Waals surface area contributed by atoms with Gasteiger partial charge in [0.15, 0.2) is 0 Å². The highest BCUT2D eigenvalue weighted by Crippen LogP contribution is 2.37. The van der Waals surface area contributed by atoms with Crippen LogP contribution in [0.15, 0.2) is 42.5 Å². The Hall–Kier alpha value is -2.99. The first kappa shape index (κ1) is 18.8. The number of rotatable bonds is 6. The van der Waals surface area contributed by atoms with Crippen LogP contribution in [0.3, 0.4) is 0 Å². The van der Waals surface area contributed by atoms with Crippen molar-refractivity contribution in [3.63, 3.8) is 0 Å². The van der Waals surface area contributed by atoms with Crippen LogP contribution in [0.5, 0.6) is 11.5 Å². The highest BCUT2D eigenvalue weighted by Gasteiger charge is 2.12. The number of aromatic nitrogens is 2. The zero-order valence-corrected chi connectivity index (χ0v) is 16.4. The van der Waals surface area contributed by atoms with E-state index in [0.29, 0.717) is 39.7 Å². The molecule has 0 radical (unpaired) electrons. The third-order valence-corrected chi connectivity index (χ3v) is 4.19. The van der Waals surface area contributed by atoms with E-state index < -0.39 is 0 Å². The quantitative estimate of drug-likeness (QED) is 0.604. The summed E-state index contributed by atoms with van der Waals surface area (Å²) in [5.41, 5.74) is 2.85. The molecule has 1 heterocycles. The monoisotopic (exact) mass is 384 g/mol. The van der Waals surface area contributed by atoms with E-state index >= 15 is 0 Å². The van der Waals surface area contributed by atoms with Gasteiger partial charge >= 0.3 is 0 Å². The smallest absolute Gasteiger partial charge is 0.144 e. The van der Waals surface area contributed by atoms with E-state index in [2.05, 4.69) is 27.5 Å². The van der Waals surface area contributed by atoms with Crippen LogP contribution in [0.25, 0.3) is 0 Å². The topological polar surface area (TPSA) is 68.3 Å². The van der Waals surface area contributed by atoms with Crippen molar-refractivity contribution in [1.82, 2.24) is 9.97 Å². The molecule has 0 fully saturated rings. The van der Waals surface area contributed by atoms with Crippen molar-refractivity contribution in [1.29, 1.82) is 0 Å². The lowest BCUT2D eigenvalue weighted by Crippen LogP contribution is -2.03. The Bertz CT molecular complexity index is 945. The predicted molar refractivity (Wildman–Crippen MR) is 109 cm³/mol. The molecule has 3 aromatic rings. The first-order valence-corrected chi connectivity index (χ1v) is 8.74. The van der Waals surface area contributed by atoms with Crippen LogP contribution in [0.4, 0.5) is 23.0 Å². The van der Waals surface area contributed by atoms with Gasteiger partial charge in [-0.25, -0.2) is 9.97 Å². The number of halogens is 1. The second-order valence-corrected chi connectivity index (χ2v) is 6.40. The molecule has 0 amide bonds. The van der Waals surface area contributed by atoms with Gasteiger partial charge in [-0.1, -0.05) is 29.3 Å². The van der Waals surface area contributed by atoms with E-state index in [1.165, 1.54) is 5.56 Å². The first-order chi connectivity index (χ1) is 13.0. The van der Waals surface area contributed by atoms with Gasteiger partial charge in [-0.2, -0.15) is 0 Å². The molecule has 0 aliphatic heterocycles. The number of anilines is 4. The van der Waals surface area contributed by atoms with E-state index in [-0.39, 0.29) is 0 Å². The molecule has 0 aliphatic rings. The maximum absolute atomic E-state index is 6.17. The van der Waals surface area contributed by atoms with Crippen LogP contribution < -0.4 is 20.1 Å². The average Bonchev–Trinajstić information content (AvgIpc) is 2.64. The fraction of sp³-hybridized carbons (Fsp3) is 0.200. The van der Waals surface area contributed by atoms with Gasteiger partial charge in [0.2, 0.25) is 0 Å². The van der Waals surface area contributed by atoms with E-state index in [1.807, 2.05) is 37.3 Å². The third kappa shape index (κ3) is 4.60. The Morgan fingerprint density at radius 1 is 0.815 bits per heavy atom. The van der Waals surface area contributed by atoms with Crippen molar-refractivity contribution in [3.8, 4) is 11.5 Å². The molecule has 0 spiro atoms. The highest BCUT2D eigenvalue weighted by molar-refractivity contribution is 6.32. The minimum absolute atomic E-state index is 0.473. The summed E-state index contributed by atoms with van der Waals surface area (Å²) in [6.45, 7) is 3.89. The van der Waals surface area contributed by atoms with E-state index in [9.17, 15) is 0 Å². The van der Waals surface area contributed by atoms with E-state index in [4.69, 9.17) is 21.1 Å². The number of nitrogens with one attached hydrogen (secondary N) is 2. The minimum atomic E-state index is 0.473. The Kier molecular flexibility index (Phi) is 5.66. The number of aryl methyl sites for hydroxylation is 2. The second-order valence-electron chi connectivity index (χ2n) is 5.99. The van der Waals surface area contributed by atoms with E-state index in [0.717, 1.165) is 5.69 Å². The van der Waals surface area contributed by atoms with Crippen LogP contribution >= 0.6 is 11.6 Å². The van der Waals surface area contributed by atoms with Gasteiger partial charge in [-0.05, 0) is 26.0 Å². The molecule has 3 rings (SSSR count). The SMILES string of the molecule is COc1cc(Nc2cc(Nc3ccc(C)cc3)nc(C)n2)c(OC)cc1Cl. The molecular formula is C20H21ClN4O2. The fourth-order valence-electron chi connectivity index (χ4n) is 2.58. The van der Waals surface area contributed by atoms with Crippen molar-refractivity contribution in [2.75, 3.05) is 24.9 Å². The Morgan fingerprint density at radius 2 is 1.44 bits per heavy atom. The largest absolute Gasteiger partial charge is 0.495 e. The molecule has 140 valence electrons. The van der Waals surface area contributed by atoms with Crippen molar-refractivity contribution < 1.29 is 9.47 Å². The van der Waals surface area contributed by atoms with E-state index in [1.54, 1.807) is 26.4 Å². The second kappa shape index (κ2) is 8.14. The molecule has 0 aliphatic carbocycles. The zero-order valence-electron chi connectivity index (χ0n) is 15.6. The van der Waals surface area contributed by atoms with Crippen LogP contribution in [-0.4, -0.2) is 24.2 Å². The Labute approximate surface area is 163 Å². The van der Waals surface area contributed by atoms with Gasteiger partial charge in [0, 0.05) is 23.9 Å². The summed E-state index contributed by atoms with van der Waals surface area (Å²) in [7, 11) is 3.15. The minimum Gasteiger partial charge on any atom is -0.495 e. The van der Waals surface area contributed by atoms with Crippen molar-refractivity contribution >= 4 is 34.6 Å². The number of methoxy groups -OCH3 is 2. The summed E-state index contributed by atoms with van der Waals surface area (Å²) in [4.78, 5) is 8.89. The average molecular weight is 385 g/mol. The number of ether oxygens (including phenoxy) is 2. The molecule has 0 saturated heterocycles. The number of hydrogen-bond acceptors (Lipinski definition) is 6. The molecule has 0 saturated carbocycles. The Balaban J connectivity index is 1.89. The first-order valence-electron chi connectivity index (χ1n) is 8.36. The summed E-state index contributed by atoms with van der Waals surface area (Å²) in [6, 6.07) is 13.4. The molecular weight excluding hydrogens is 364 g/mol. The van der Waals surface area contributed by atoms with Crippen LogP contribution in [0.1, 0.15) is 11.4 Å². The number of benzene rings is 2. The lowest BCUT2D eigenvalue weighted by atomic mass is 10.2. The van der Waals surface area contributed by atoms with Crippen LogP contribution in [0, 0.1) is 13.8 Å². The maximum atomic E-state index is 6.17. The lowest BCUT2D eigenvalue weighted by Gasteiger charge is -2.14. The molecule has 2 aromatic carbocycles. The number of hydrogen-bond donors (Lipinski definition) is 2. The van der Waals surface area contributed by atoms with Gasteiger partial charge in [0.25, 0.3) is 0 Å². The normalized spacial score (nSPS) is 10.4. The molecule has 0 atom stereocenters. The third-order valence-electron chi connectivity index (χ3n) is 3.90. The van der Waals surface area contributed by atoms with Gasteiger partial charge < -0.3 is 20.1 Å². The van der Waals surface area contributed by atoms with Crippen molar-refractivity contribution in [2.24, 2.45) is 0 Å². The molecule has 6 nitrogen and oxygen atoms in total. The van der Waals surface area contributed by atoms with Gasteiger partial charge in [-0.15, -0.1) is 0 Å². The van der Waals surface area contributed by atoms with Gasteiger partial charge in [0.1, 0.15) is 29.0 Å². The highest BCUT2D eigenvalue weighted by atomic mass is 35.5. The van der Waals surface area contributed by atoms with Crippen molar-refractivity contribution in [3.05, 3.63) is 58.9 Å². The zero-order chi connectivity index (χ0) is 19.4. The standard InChI is InChI=1S/C20H21ClN4O2/c1-12-5-7-14(8-6-12)24-19-11-20(23-13(2)22-19)25-16-10-17(26-3)15(21)9-18(16)27-4/h5-11H,1-4H3,(H2,22,23,24,25).